The van der Waals surface area contributed by atoms with Gasteiger partial charge in [-0.15, -0.1) is 5.10 Å². The highest BCUT2D eigenvalue weighted by molar-refractivity contribution is 5.05. The average molecular weight is 220 g/mol. The molecule has 0 saturated heterocycles. The molecule has 4 heteroatoms. The van der Waals surface area contributed by atoms with E-state index in [0.29, 0.717) is 0 Å². The number of allylic oxidation sites excluding steroid dienone is 1. The van der Waals surface area contributed by atoms with Crippen molar-refractivity contribution in [1.82, 2.24) is 20.3 Å². The van der Waals surface area contributed by atoms with Crippen LogP contribution in [-0.4, -0.2) is 21.5 Å². The molecule has 1 N–H and O–H groups in total. The van der Waals surface area contributed by atoms with E-state index in [0.717, 1.165) is 18.8 Å². The zero-order valence-electron chi connectivity index (χ0n) is 9.95. The first kappa shape index (κ1) is 11.3. The Bertz CT molecular complexity index is 354. The highest BCUT2D eigenvalue weighted by Gasteiger charge is 2.03. The minimum atomic E-state index is 0.858. The van der Waals surface area contributed by atoms with E-state index in [1.807, 2.05) is 17.9 Å². The van der Waals surface area contributed by atoms with Crippen LogP contribution in [0.4, 0.5) is 0 Å². The van der Waals surface area contributed by atoms with E-state index in [4.69, 9.17) is 0 Å². The first-order valence-corrected chi connectivity index (χ1v) is 6.08. The van der Waals surface area contributed by atoms with Crippen LogP contribution < -0.4 is 5.32 Å². The van der Waals surface area contributed by atoms with E-state index in [9.17, 15) is 0 Å². The molecule has 0 unspecified atom stereocenters. The molecule has 1 heterocycles. The van der Waals surface area contributed by atoms with Gasteiger partial charge in [0.2, 0.25) is 0 Å². The lowest BCUT2D eigenvalue weighted by molar-refractivity contribution is 0.600. The fraction of sp³-hybridized carbons (Fsp3) is 0.667. The van der Waals surface area contributed by atoms with Gasteiger partial charge in [-0.25, -0.2) is 0 Å². The summed E-state index contributed by atoms with van der Waals surface area (Å²) in [6.45, 7) is 1.91. The monoisotopic (exact) mass is 220 g/mol. The summed E-state index contributed by atoms with van der Waals surface area (Å²) < 4.78 is 1.81. The van der Waals surface area contributed by atoms with Crippen molar-refractivity contribution in [3.8, 4) is 0 Å². The summed E-state index contributed by atoms with van der Waals surface area (Å²) in [5.74, 6) is 0. The lowest BCUT2D eigenvalue weighted by Crippen LogP contribution is -2.17. The van der Waals surface area contributed by atoms with E-state index in [2.05, 4.69) is 21.7 Å². The lowest BCUT2D eigenvalue weighted by atomic mass is 9.97. The molecule has 0 spiro atoms. The summed E-state index contributed by atoms with van der Waals surface area (Å²) in [5.41, 5.74) is 2.76. The number of aromatic nitrogens is 3. The summed E-state index contributed by atoms with van der Waals surface area (Å²) in [5, 5.41) is 11.2. The molecule has 0 saturated carbocycles. The molecule has 1 aliphatic rings. The maximum absolute atomic E-state index is 3.90. The third-order valence-corrected chi connectivity index (χ3v) is 3.12. The molecule has 0 atom stereocenters. The average Bonchev–Trinajstić information content (AvgIpc) is 2.72. The van der Waals surface area contributed by atoms with Crippen molar-refractivity contribution in [1.29, 1.82) is 0 Å². The smallest absolute Gasteiger partial charge is 0.0738 e. The second kappa shape index (κ2) is 5.80. The van der Waals surface area contributed by atoms with Gasteiger partial charge < -0.3 is 5.32 Å². The van der Waals surface area contributed by atoms with E-state index in [-0.39, 0.29) is 0 Å². The van der Waals surface area contributed by atoms with Gasteiger partial charge in [-0.3, -0.25) is 4.68 Å². The Morgan fingerprint density at radius 3 is 3.06 bits per heavy atom. The van der Waals surface area contributed by atoms with Gasteiger partial charge in [0.15, 0.2) is 0 Å². The number of nitrogens with zero attached hydrogens (tertiary/aromatic N) is 3. The Hall–Kier alpha value is -1.16. The molecule has 1 aromatic rings. The van der Waals surface area contributed by atoms with Crippen LogP contribution in [0.2, 0.25) is 0 Å². The van der Waals surface area contributed by atoms with Gasteiger partial charge in [-0.1, -0.05) is 16.9 Å². The zero-order chi connectivity index (χ0) is 11.2. The highest BCUT2D eigenvalue weighted by atomic mass is 15.4. The number of aryl methyl sites for hydroxylation is 1. The minimum Gasteiger partial charge on any atom is -0.311 e. The molecule has 0 fully saturated rings. The Morgan fingerprint density at radius 2 is 2.38 bits per heavy atom. The van der Waals surface area contributed by atoms with Crippen LogP contribution in [0.15, 0.2) is 17.8 Å². The summed E-state index contributed by atoms with van der Waals surface area (Å²) in [6.07, 6.45) is 10.7. The van der Waals surface area contributed by atoms with Crippen LogP contribution in [0.25, 0.3) is 0 Å². The van der Waals surface area contributed by atoms with Crippen molar-refractivity contribution in [3.63, 3.8) is 0 Å². The fourth-order valence-corrected chi connectivity index (χ4v) is 2.07. The van der Waals surface area contributed by atoms with Crippen molar-refractivity contribution in [2.24, 2.45) is 7.05 Å². The van der Waals surface area contributed by atoms with Crippen molar-refractivity contribution in [2.75, 3.05) is 6.54 Å². The van der Waals surface area contributed by atoms with Crippen molar-refractivity contribution >= 4 is 0 Å². The SMILES string of the molecule is Cn1nncc1CNCCC1=CCCCC1. The van der Waals surface area contributed by atoms with Gasteiger partial charge in [-0.2, -0.15) is 0 Å². The van der Waals surface area contributed by atoms with Gasteiger partial charge in [0, 0.05) is 13.6 Å². The molecule has 88 valence electrons. The molecule has 16 heavy (non-hydrogen) atoms. The summed E-state index contributed by atoms with van der Waals surface area (Å²) >= 11 is 0. The first-order valence-electron chi connectivity index (χ1n) is 6.08. The molecule has 0 bridgehead atoms. The molecule has 1 aromatic heterocycles. The van der Waals surface area contributed by atoms with Crippen LogP contribution in [0, 0.1) is 0 Å². The second-order valence-corrected chi connectivity index (χ2v) is 4.38. The predicted octanol–water partition coefficient (Wildman–Crippen LogP) is 1.80. The van der Waals surface area contributed by atoms with Crippen molar-refractivity contribution < 1.29 is 0 Å². The number of hydrogen-bond donors (Lipinski definition) is 1. The molecule has 0 aromatic carbocycles. The standard InChI is InChI=1S/C12H20N4/c1-16-12(10-14-15-16)9-13-8-7-11-5-3-2-4-6-11/h5,10,13H,2-4,6-9H2,1H3. The maximum atomic E-state index is 3.90. The normalized spacial score (nSPS) is 16.2. The minimum absolute atomic E-state index is 0.858. The first-order chi connectivity index (χ1) is 7.86. The summed E-state index contributed by atoms with van der Waals surface area (Å²) in [4.78, 5) is 0. The third-order valence-electron chi connectivity index (χ3n) is 3.12. The topological polar surface area (TPSA) is 42.7 Å². The molecule has 0 amide bonds. The van der Waals surface area contributed by atoms with Gasteiger partial charge in [0.05, 0.1) is 11.9 Å². The van der Waals surface area contributed by atoms with Gasteiger partial charge >= 0.3 is 0 Å². The van der Waals surface area contributed by atoms with Gasteiger partial charge in [0.1, 0.15) is 0 Å². The van der Waals surface area contributed by atoms with Crippen LogP contribution >= 0.6 is 0 Å². The van der Waals surface area contributed by atoms with Gasteiger partial charge in [0.25, 0.3) is 0 Å². The Labute approximate surface area is 96.7 Å². The fourth-order valence-electron chi connectivity index (χ4n) is 2.07. The van der Waals surface area contributed by atoms with E-state index in [1.165, 1.54) is 32.1 Å². The van der Waals surface area contributed by atoms with Gasteiger partial charge in [-0.05, 0) is 38.6 Å². The molecule has 0 aliphatic heterocycles. The molecule has 4 nitrogen and oxygen atoms in total. The Balaban J connectivity index is 1.65. The van der Waals surface area contributed by atoms with E-state index < -0.39 is 0 Å². The molecular weight excluding hydrogens is 200 g/mol. The van der Waals surface area contributed by atoms with Crippen molar-refractivity contribution in [3.05, 3.63) is 23.5 Å². The van der Waals surface area contributed by atoms with Crippen LogP contribution in [0.5, 0.6) is 0 Å². The van der Waals surface area contributed by atoms with Crippen molar-refractivity contribution in [2.45, 2.75) is 38.6 Å². The Morgan fingerprint density at radius 1 is 1.44 bits per heavy atom. The van der Waals surface area contributed by atoms with Crippen LogP contribution in [0.1, 0.15) is 37.8 Å². The quantitative estimate of drug-likeness (QED) is 0.607. The summed E-state index contributed by atoms with van der Waals surface area (Å²) in [6, 6.07) is 0. The molecule has 0 radical (unpaired) electrons. The number of rotatable bonds is 5. The number of nitrogens with one attached hydrogen (secondary N) is 1. The molecular formula is C12H20N4. The van der Waals surface area contributed by atoms with E-state index in [1.54, 1.807) is 5.57 Å². The zero-order valence-corrected chi connectivity index (χ0v) is 9.95. The lowest BCUT2D eigenvalue weighted by Gasteiger charge is -2.12. The summed E-state index contributed by atoms with van der Waals surface area (Å²) in [7, 11) is 1.92. The largest absolute Gasteiger partial charge is 0.311 e. The molecule has 2 rings (SSSR count). The molecule has 1 aliphatic carbocycles. The Kier molecular flexibility index (Phi) is 4.10. The van der Waals surface area contributed by atoms with Crippen LogP contribution in [-0.2, 0) is 13.6 Å². The third kappa shape index (κ3) is 3.17. The maximum Gasteiger partial charge on any atom is 0.0738 e. The highest BCUT2D eigenvalue weighted by Crippen LogP contribution is 2.19. The number of hydrogen-bond acceptors (Lipinski definition) is 3. The van der Waals surface area contributed by atoms with E-state index >= 15 is 0 Å². The second-order valence-electron chi connectivity index (χ2n) is 4.38. The predicted molar refractivity (Wildman–Crippen MR) is 63.9 cm³/mol. The van der Waals surface area contributed by atoms with Crippen LogP contribution in [0.3, 0.4) is 0 Å².